The van der Waals surface area contributed by atoms with E-state index in [4.69, 9.17) is 17.3 Å². The van der Waals surface area contributed by atoms with Gasteiger partial charge in [-0.3, -0.25) is 9.36 Å². The summed E-state index contributed by atoms with van der Waals surface area (Å²) in [5.41, 5.74) is 4.67. The fraction of sp³-hybridized carbons (Fsp3) is 0.250. The van der Waals surface area contributed by atoms with Crippen molar-refractivity contribution in [3.63, 3.8) is 0 Å². The molecular formula is C16H14Cl2FN5O3S. The molecule has 0 spiro atoms. The van der Waals surface area contributed by atoms with Gasteiger partial charge in [0.25, 0.3) is 0 Å². The molecule has 3 N–H and O–H groups in total. The van der Waals surface area contributed by atoms with Gasteiger partial charge in [0, 0.05) is 25.3 Å². The monoisotopic (exact) mass is 445 g/mol. The van der Waals surface area contributed by atoms with Crippen molar-refractivity contribution in [2.24, 2.45) is 5.73 Å². The maximum Gasteiger partial charge on any atom is 0.341 e. The van der Waals surface area contributed by atoms with Crippen LogP contribution in [0.3, 0.4) is 0 Å². The van der Waals surface area contributed by atoms with E-state index < -0.39 is 22.8 Å². The van der Waals surface area contributed by atoms with Crippen LogP contribution in [0, 0.1) is 5.82 Å². The summed E-state index contributed by atoms with van der Waals surface area (Å²) in [6.07, 6.45) is 3.23. The van der Waals surface area contributed by atoms with Crippen molar-refractivity contribution in [3.05, 3.63) is 44.4 Å². The smallest absolute Gasteiger partial charge is 0.341 e. The van der Waals surface area contributed by atoms with E-state index >= 15 is 0 Å². The number of nitrogens with zero attached hydrogens (tertiary/aromatic N) is 4. The second-order valence-corrected chi connectivity index (χ2v) is 7.79. The van der Waals surface area contributed by atoms with Crippen LogP contribution in [0.15, 0.2) is 23.3 Å². The lowest BCUT2D eigenvalue weighted by Crippen LogP contribution is -2.28. The van der Waals surface area contributed by atoms with Crippen LogP contribution in [0.5, 0.6) is 0 Å². The number of hydrogen-bond donors (Lipinski definition) is 2. The van der Waals surface area contributed by atoms with Gasteiger partial charge in [-0.1, -0.05) is 22.9 Å². The summed E-state index contributed by atoms with van der Waals surface area (Å²) in [6.45, 7) is 0.979. The number of carbonyl (C=O) groups is 1. The van der Waals surface area contributed by atoms with Crippen LogP contribution in [-0.4, -0.2) is 44.7 Å². The van der Waals surface area contributed by atoms with Gasteiger partial charge in [0.2, 0.25) is 5.43 Å². The SMILES string of the molecule is Cl.NC1CCN(c2nc3c(cc2F)c(=O)c(C(=O)O)cn3-c2ncc(Cl)s2)C1. The molecule has 3 aromatic rings. The van der Waals surface area contributed by atoms with Crippen molar-refractivity contribution in [2.75, 3.05) is 18.0 Å². The van der Waals surface area contributed by atoms with Gasteiger partial charge in [-0.25, -0.2) is 19.2 Å². The van der Waals surface area contributed by atoms with E-state index in [-0.39, 0.29) is 35.3 Å². The van der Waals surface area contributed by atoms with Crippen LogP contribution >= 0.6 is 35.3 Å². The molecule has 1 aliphatic rings. The Hall–Kier alpha value is -2.27. The van der Waals surface area contributed by atoms with Gasteiger partial charge in [0.05, 0.1) is 11.6 Å². The molecule has 3 aromatic heterocycles. The quantitative estimate of drug-likeness (QED) is 0.635. The minimum absolute atomic E-state index is 0. The summed E-state index contributed by atoms with van der Waals surface area (Å²) < 4.78 is 16.4. The van der Waals surface area contributed by atoms with E-state index in [0.717, 1.165) is 23.6 Å². The number of hydrogen-bond acceptors (Lipinski definition) is 7. The van der Waals surface area contributed by atoms with Gasteiger partial charge in [-0.05, 0) is 12.5 Å². The van der Waals surface area contributed by atoms with E-state index in [1.54, 1.807) is 4.90 Å². The molecule has 0 radical (unpaired) electrons. The third-order valence-corrected chi connectivity index (χ3v) is 5.45. The van der Waals surface area contributed by atoms with Gasteiger partial charge in [-0.2, -0.15) is 0 Å². The van der Waals surface area contributed by atoms with Crippen LogP contribution in [0.4, 0.5) is 10.2 Å². The van der Waals surface area contributed by atoms with Gasteiger partial charge < -0.3 is 15.7 Å². The number of fused-ring (bicyclic) bond motifs is 1. The summed E-state index contributed by atoms with van der Waals surface area (Å²) in [4.78, 5) is 34.1. The number of halogens is 3. The summed E-state index contributed by atoms with van der Waals surface area (Å²) in [6, 6.07) is 0.929. The second-order valence-electron chi connectivity index (χ2n) is 6.15. The second kappa shape index (κ2) is 7.63. The molecule has 4 heterocycles. The van der Waals surface area contributed by atoms with Gasteiger partial charge in [0.15, 0.2) is 22.4 Å². The number of rotatable bonds is 3. The number of thiazole rings is 1. The summed E-state index contributed by atoms with van der Waals surface area (Å²) in [5.74, 6) is -2.07. The number of aromatic nitrogens is 3. The minimum Gasteiger partial charge on any atom is -0.477 e. The normalized spacial score (nSPS) is 16.4. The molecule has 0 aromatic carbocycles. The number of nitrogens with two attached hydrogens (primary N) is 1. The molecule has 148 valence electrons. The Labute approximate surface area is 172 Å². The zero-order valence-electron chi connectivity index (χ0n) is 14.1. The molecule has 1 saturated heterocycles. The van der Waals surface area contributed by atoms with E-state index in [1.165, 1.54) is 10.8 Å². The highest BCUT2D eigenvalue weighted by Crippen LogP contribution is 2.28. The molecule has 1 atom stereocenters. The zero-order chi connectivity index (χ0) is 19.3. The van der Waals surface area contributed by atoms with Crippen LogP contribution < -0.4 is 16.1 Å². The van der Waals surface area contributed by atoms with Crippen LogP contribution in [-0.2, 0) is 0 Å². The predicted octanol–water partition coefficient (Wildman–Crippen LogP) is 2.29. The molecule has 0 bridgehead atoms. The molecule has 0 amide bonds. The number of pyridine rings is 2. The first-order valence-corrected chi connectivity index (χ1v) is 9.16. The Kier molecular flexibility index (Phi) is 5.57. The molecule has 1 unspecified atom stereocenters. The summed E-state index contributed by atoms with van der Waals surface area (Å²) in [7, 11) is 0. The fourth-order valence-corrected chi connectivity index (χ4v) is 3.95. The average Bonchev–Trinajstić information content (AvgIpc) is 3.23. The lowest BCUT2D eigenvalue weighted by atomic mass is 10.2. The van der Waals surface area contributed by atoms with Crippen molar-refractivity contribution >= 4 is 58.2 Å². The van der Waals surface area contributed by atoms with Crippen molar-refractivity contribution in [1.82, 2.24) is 14.5 Å². The number of anilines is 1. The lowest BCUT2D eigenvalue weighted by Gasteiger charge is -2.19. The van der Waals surface area contributed by atoms with Crippen LogP contribution in [0.2, 0.25) is 4.34 Å². The first-order chi connectivity index (χ1) is 12.8. The Morgan fingerprint density at radius 2 is 2.21 bits per heavy atom. The van der Waals surface area contributed by atoms with Crippen LogP contribution in [0.25, 0.3) is 16.2 Å². The number of carboxylic acid groups (broad SMARTS) is 1. The van der Waals surface area contributed by atoms with Crippen molar-refractivity contribution in [3.8, 4) is 5.13 Å². The van der Waals surface area contributed by atoms with E-state index in [2.05, 4.69) is 9.97 Å². The highest BCUT2D eigenvalue weighted by atomic mass is 35.5. The Balaban J connectivity index is 0.00000225. The standard InChI is InChI=1S/C16H13ClFN5O3S.ClH/c17-11-4-20-16(27-11)23-6-9(15(25)26)12(24)8-3-10(18)14(21-13(8)23)22-2-1-7(19)5-22;/h3-4,6-7H,1-2,5,19H2,(H,25,26);1H. The maximum atomic E-state index is 14.7. The largest absolute Gasteiger partial charge is 0.477 e. The Morgan fingerprint density at radius 3 is 2.79 bits per heavy atom. The lowest BCUT2D eigenvalue weighted by molar-refractivity contribution is 0.0695. The molecular weight excluding hydrogens is 432 g/mol. The number of aromatic carboxylic acids is 1. The van der Waals surface area contributed by atoms with E-state index in [1.807, 2.05) is 0 Å². The molecule has 0 saturated carbocycles. The highest BCUT2D eigenvalue weighted by Gasteiger charge is 2.26. The van der Waals surface area contributed by atoms with Gasteiger partial charge >= 0.3 is 5.97 Å². The molecule has 0 aliphatic carbocycles. The van der Waals surface area contributed by atoms with Crippen molar-refractivity contribution in [1.29, 1.82) is 0 Å². The molecule has 8 nitrogen and oxygen atoms in total. The molecule has 12 heteroatoms. The first-order valence-electron chi connectivity index (χ1n) is 7.96. The Morgan fingerprint density at radius 1 is 1.46 bits per heavy atom. The van der Waals surface area contributed by atoms with E-state index in [9.17, 15) is 19.1 Å². The average molecular weight is 446 g/mol. The molecule has 4 rings (SSSR count). The van der Waals surface area contributed by atoms with Crippen molar-refractivity contribution < 1.29 is 14.3 Å². The fourth-order valence-electron chi connectivity index (χ4n) is 3.07. The Bertz CT molecular complexity index is 1140. The molecule has 1 fully saturated rings. The third-order valence-electron chi connectivity index (χ3n) is 4.34. The minimum atomic E-state index is -1.42. The van der Waals surface area contributed by atoms with Gasteiger partial charge in [0.1, 0.15) is 9.90 Å². The topological polar surface area (TPSA) is 114 Å². The third kappa shape index (κ3) is 3.44. The van der Waals surface area contributed by atoms with Crippen LogP contribution in [0.1, 0.15) is 16.8 Å². The highest BCUT2D eigenvalue weighted by molar-refractivity contribution is 7.18. The molecule has 28 heavy (non-hydrogen) atoms. The summed E-state index contributed by atoms with van der Waals surface area (Å²) in [5, 5.41) is 9.50. The van der Waals surface area contributed by atoms with E-state index in [0.29, 0.717) is 29.0 Å². The molecule has 1 aliphatic heterocycles. The summed E-state index contributed by atoms with van der Waals surface area (Å²) >= 11 is 7.01. The van der Waals surface area contributed by atoms with Crippen molar-refractivity contribution in [2.45, 2.75) is 12.5 Å². The first kappa shape index (κ1) is 20.5. The number of carboxylic acids is 1. The van der Waals surface area contributed by atoms with Gasteiger partial charge in [-0.15, -0.1) is 12.4 Å². The maximum absolute atomic E-state index is 14.7. The predicted molar refractivity (Wildman–Crippen MR) is 107 cm³/mol. The zero-order valence-corrected chi connectivity index (χ0v) is 16.5.